The van der Waals surface area contributed by atoms with E-state index in [0.717, 1.165) is 36.5 Å². The van der Waals surface area contributed by atoms with Crippen LogP contribution in [0.3, 0.4) is 0 Å². The molecule has 1 aliphatic rings. The van der Waals surface area contributed by atoms with E-state index >= 15 is 0 Å². The zero-order chi connectivity index (χ0) is 13.1. The number of ether oxygens (including phenoxy) is 1. The van der Waals surface area contributed by atoms with Crippen LogP contribution < -0.4 is 5.32 Å². The van der Waals surface area contributed by atoms with Crippen LogP contribution in [0.25, 0.3) is 5.57 Å². The summed E-state index contributed by atoms with van der Waals surface area (Å²) in [6, 6.07) is 1.97. The van der Waals surface area contributed by atoms with E-state index in [9.17, 15) is 4.79 Å². The smallest absolute Gasteiger partial charge is 0.339 e. The Morgan fingerprint density at radius 1 is 1.44 bits per heavy atom. The highest BCUT2D eigenvalue weighted by Crippen LogP contribution is 2.22. The van der Waals surface area contributed by atoms with Crippen molar-refractivity contribution >= 4 is 11.5 Å². The summed E-state index contributed by atoms with van der Waals surface area (Å²) in [5.74, 6) is -0.316. The Morgan fingerprint density at radius 3 is 2.78 bits per heavy atom. The molecule has 0 amide bonds. The molecule has 2 rings (SSSR count). The van der Waals surface area contributed by atoms with Gasteiger partial charge >= 0.3 is 5.97 Å². The van der Waals surface area contributed by atoms with Gasteiger partial charge in [-0.3, -0.25) is 4.98 Å². The Balaban J connectivity index is 2.42. The van der Waals surface area contributed by atoms with Crippen molar-refractivity contribution < 1.29 is 9.53 Å². The molecule has 1 aliphatic heterocycles. The summed E-state index contributed by atoms with van der Waals surface area (Å²) in [6.45, 7) is 5.63. The zero-order valence-corrected chi connectivity index (χ0v) is 11.0. The molecule has 1 aromatic rings. The number of hydrogen-bond acceptors (Lipinski definition) is 4. The fourth-order valence-corrected chi connectivity index (χ4v) is 2.26. The average Bonchev–Trinajstić information content (AvgIpc) is 2.38. The molecule has 0 fully saturated rings. The first-order valence-electron chi connectivity index (χ1n) is 6.10. The van der Waals surface area contributed by atoms with Crippen molar-refractivity contribution in [2.45, 2.75) is 20.3 Å². The monoisotopic (exact) mass is 246 g/mol. The number of carbonyl (C=O) groups excluding carboxylic acids is 1. The summed E-state index contributed by atoms with van der Waals surface area (Å²) < 4.78 is 4.78. The molecule has 0 aliphatic carbocycles. The lowest BCUT2D eigenvalue weighted by Crippen LogP contribution is -2.20. The lowest BCUT2D eigenvalue weighted by Gasteiger charge is -2.16. The van der Waals surface area contributed by atoms with Crippen LogP contribution in [-0.4, -0.2) is 31.2 Å². The number of pyridine rings is 1. The quantitative estimate of drug-likeness (QED) is 0.809. The third-order valence-corrected chi connectivity index (χ3v) is 3.18. The second-order valence-corrected chi connectivity index (χ2v) is 4.46. The van der Waals surface area contributed by atoms with Gasteiger partial charge < -0.3 is 10.1 Å². The zero-order valence-electron chi connectivity index (χ0n) is 11.0. The van der Waals surface area contributed by atoms with Crippen LogP contribution in [0.5, 0.6) is 0 Å². The first kappa shape index (κ1) is 12.8. The van der Waals surface area contributed by atoms with Gasteiger partial charge in [-0.2, -0.15) is 0 Å². The van der Waals surface area contributed by atoms with Gasteiger partial charge in [0, 0.05) is 6.54 Å². The van der Waals surface area contributed by atoms with Crippen molar-refractivity contribution in [2.24, 2.45) is 0 Å². The van der Waals surface area contributed by atoms with Crippen molar-refractivity contribution in [2.75, 3.05) is 20.2 Å². The molecule has 0 aromatic carbocycles. The van der Waals surface area contributed by atoms with Gasteiger partial charge in [-0.25, -0.2) is 4.79 Å². The largest absolute Gasteiger partial charge is 0.465 e. The maximum Gasteiger partial charge on any atom is 0.339 e. The molecule has 0 atom stereocenters. The minimum absolute atomic E-state index is 0.316. The van der Waals surface area contributed by atoms with Gasteiger partial charge in [0.1, 0.15) is 0 Å². The van der Waals surface area contributed by atoms with E-state index in [1.807, 2.05) is 19.9 Å². The fraction of sp³-hybridized carbons (Fsp3) is 0.429. The molecular formula is C14H18N2O2. The molecule has 18 heavy (non-hydrogen) atoms. The number of aromatic nitrogens is 1. The minimum atomic E-state index is -0.316. The normalized spacial score (nSPS) is 15.2. The number of hydrogen-bond donors (Lipinski definition) is 1. The molecule has 0 bridgehead atoms. The van der Waals surface area contributed by atoms with Crippen LogP contribution in [-0.2, 0) is 4.74 Å². The van der Waals surface area contributed by atoms with E-state index in [-0.39, 0.29) is 5.97 Å². The first-order valence-corrected chi connectivity index (χ1v) is 6.10. The summed E-state index contributed by atoms with van der Waals surface area (Å²) in [5, 5.41) is 3.27. The van der Waals surface area contributed by atoms with E-state index < -0.39 is 0 Å². The van der Waals surface area contributed by atoms with Crippen LogP contribution in [0.4, 0.5) is 0 Å². The van der Waals surface area contributed by atoms with Crippen molar-refractivity contribution in [3.8, 4) is 0 Å². The second-order valence-electron chi connectivity index (χ2n) is 4.46. The maximum atomic E-state index is 11.7. The minimum Gasteiger partial charge on any atom is -0.465 e. The number of carbonyl (C=O) groups is 1. The third kappa shape index (κ3) is 2.43. The molecule has 0 saturated carbocycles. The second kappa shape index (κ2) is 5.31. The van der Waals surface area contributed by atoms with Gasteiger partial charge in [-0.15, -0.1) is 0 Å². The average molecular weight is 246 g/mol. The van der Waals surface area contributed by atoms with E-state index in [4.69, 9.17) is 4.74 Å². The van der Waals surface area contributed by atoms with Gasteiger partial charge in [0.2, 0.25) is 0 Å². The molecule has 96 valence electrons. The van der Waals surface area contributed by atoms with Crippen LogP contribution in [0, 0.1) is 13.8 Å². The van der Waals surface area contributed by atoms with Crippen LogP contribution >= 0.6 is 0 Å². The number of nitrogens with one attached hydrogen (secondary N) is 1. The molecule has 0 unspecified atom stereocenters. The number of methoxy groups -OCH3 is 1. The number of aryl methyl sites for hydroxylation is 2. The summed E-state index contributed by atoms with van der Waals surface area (Å²) in [6.07, 6.45) is 3.13. The van der Waals surface area contributed by atoms with E-state index in [1.54, 1.807) is 0 Å². The molecule has 0 radical (unpaired) electrons. The Labute approximate surface area is 107 Å². The Hall–Kier alpha value is -1.68. The van der Waals surface area contributed by atoms with Crippen molar-refractivity contribution in [1.29, 1.82) is 0 Å². The summed E-state index contributed by atoms with van der Waals surface area (Å²) in [4.78, 5) is 16.2. The van der Waals surface area contributed by atoms with Gasteiger partial charge in [-0.1, -0.05) is 6.08 Å². The number of esters is 1. The topological polar surface area (TPSA) is 51.2 Å². The van der Waals surface area contributed by atoms with E-state index in [1.165, 1.54) is 12.7 Å². The van der Waals surface area contributed by atoms with Crippen LogP contribution in [0.2, 0.25) is 0 Å². The number of nitrogens with zero attached hydrogens (tertiary/aromatic N) is 1. The predicted octanol–water partition coefficient (Wildman–Crippen LogP) is 1.86. The maximum absolute atomic E-state index is 11.7. The molecule has 0 saturated heterocycles. The summed E-state index contributed by atoms with van der Waals surface area (Å²) >= 11 is 0. The van der Waals surface area contributed by atoms with Crippen molar-refractivity contribution in [3.63, 3.8) is 0 Å². The first-order chi connectivity index (χ1) is 8.63. The van der Waals surface area contributed by atoms with Crippen LogP contribution in [0.15, 0.2) is 12.1 Å². The van der Waals surface area contributed by atoms with E-state index in [2.05, 4.69) is 16.4 Å². The van der Waals surface area contributed by atoms with E-state index in [0.29, 0.717) is 5.56 Å². The van der Waals surface area contributed by atoms with Gasteiger partial charge in [-0.05, 0) is 44.0 Å². The highest BCUT2D eigenvalue weighted by atomic mass is 16.5. The highest BCUT2D eigenvalue weighted by Gasteiger charge is 2.16. The highest BCUT2D eigenvalue weighted by molar-refractivity contribution is 5.92. The molecule has 1 aromatic heterocycles. The van der Waals surface area contributed by atoms with Gasteiger partial charge in [0.15, 0.2) is 0 Å². The molecule has 1 N–H and O–H groups in total. The fourth-order valence-electron chi connectivity index (χ4n) is 2.26. The SMILES string of the molecule is COC(=O)c1c(C)cc(C2=CCNCC2)nc1C. The molecule has 4 heteroatoms. The summed E-state index contributed by atoms with van der Waals surface area (Å²) in [7, 11) is 1.39. The molecule has 4 nitrogen and oxygen atoms in total. The lowest BCUT2D eigenvalue weighted by molar-refractivity contribution is 0.0598. The van der Waals surface area contributed by atoms with Gasteiger partial charge in [0.25, 0.3) is 0 Å². The Kier molecular flexibility index (Phi) is 3.77. The van der Waals surface area contributed by atoms with Gasteiger partial charge in [0.05, 0.1) is 24.1 Å². The summed E-state index contributed by atoms with van der Waals surface area (Å²) in [5.41, 5.74) is 4.45. The molecule has 0 spiro atoms. The third-order valence-electron chi connectivity index (χ3n) is 3.18. The Bertz CT molecular complexity index is 484. The van der Waals surface area contributed by atoms with Crippen molar-refractivity contribution in [3.05, 3.63) is 34.7 Å². The van der Waals surface area contributed by atoms with Crippen molar-refractivity contribution in [1.82, 2.24) is 10.3 Å². The standard InChI is InChI=1S/C14H18N2O2/c1-9-8-12(11-4-6-15-7-5-11)16-10(2)13(9)14(17)18-3/h4,8,15H,5-7H2,1-3H3. The molecule has 2 heterocycles. The Morgan fingerprint density at radius 2 is 2.22 bits per heavy atom. The predicted molar refractivity (Wildman–Crippen MR) is 70.5 cm³/mol. The lowest BCUT2D eigenvalue weighted by atomic mass is 10.0. The van der Waals surface area contributed by atoms with Crippen LogP contribution in [0.1, 0.15) is 33.7 Å². The molecular weight excluding hydrogens is 228 g/mol. The number of rotatable bonds is 2.